The van der Waals surface area contributed by atoms with Crippen molar-refractivity contribution in [1.82, 2.24) is 15.1 Å². The summed E-state index contributed by atoms with van der Waals surface area (Å²) in [6.45, 7) is 7.84. The normalized spacial score (nSPS) is 23.5. The number of rotatable bonds is 3. The molecule has 2 heterocycles. The number of aryl methyl sites for hydroxylation is 1. The Hall–Kier alpha value is -1.39. The van der Waals surface area contributed by atoms with Gasteiger partial charge in [0, 0.05) is 32.7 Å². The summed E-state index contributed by atoms with van der Waals surface area (Å²) in [7, 11) is 0. The van der Waals surface area contributed by atoms with Crippen molar-refractivity contribution in [2.45, 2.75) is 32.4 Å². The standard InChI is InChI=1S/C17H25N3O/c1-14-5-2-3-6-15(14)13-19-9-11-20(12-10-19)17(21)16-7-4-8-18-16/h2-3,5-6,16,18H,4,7-13H2,1H3. The fourth-order valence-corrected chi connectivity index (χ4v) is 3.27. The van der Waals surface area contributed by atoms with Crippen LogP contribution in [0.1, 0.15) is 24.0 Å². The predicted molar refractivity (Wildman–Crippen MR) is 84.1 cm³/mol. The maximum Gasteiger partial charge on any atom is 0.239 e. The summed E-state index contributed by atoms with van der Waals surface area (Å²) in [4.78, 5) is 16.9. The van der Waals surface area contributed by atoms with Crippen LogP contribution < -0.4 is 5.32 Å². The summed E-state index contributed by atoms with van der Waals surface area (Å²) in [6, 6.07) is 8.64. The molecule has 1 N–H and O–H groups in total. The third-order valence-electron chi connectivity index (χ3n) is 4.70. The monoisotopic (exact) mass is 287 g/mol. The summed E-state index contributed by atoms with van der Waals surface area (Å²) in [5, 5.41) is 3.31. The molecule has 3 rings (SSSR count). The van der Waals surface area contributed by atoms with Crippen molar-refractivity contribution in [3.05, 3.63) is 35.4 Å². The van der Waals surface area contributed by atoms with Gasteiger partial charge in [0.1, 0.15) is 0 Å². The molecule has 2 fully saturated rings. The van der Waals surface area contributed by atoms with Crippen LogP contribution in [0, 0.1) is 6.92 Å². The van der Waals surface area contributed by atoms with Crippen LogP contribution in [-0.4, -0.2) is 54.5 Å². The van der Waals surface area contributed by atoms with E-state index in [1.807, 2.05) is 4.90 Å². The van der Waals surface area contributed by atoms with Gasteiger partial charge in [0.05, 0.1) is 6.04 Å². The van der Waals surface area contributed by atoms with E-state index in [2.05, 4.69) is 41.4 Å². The average Bonchev–Trinajstić information content (AvgIpc) is 3.04. The molecular weight excluding hydrogens is 262 g/mol. The van der Waals surface area contributed by atoms with Crippen molar-refractivity contribution < 1.29 is 4.79 Å². The summed E-state index contributed by atoms with van der Waals surface area (Å²) in [5.41, 5.74) is 2.75. The molecule has 21 heavy (non-hydrogen) atoms. The van der Waals surface area contributed by atoms with Crippen LogP contribution in [0.2, 0.25) is 0 Å². The Morgan fingerprint density at radius 2 is 2.00 bits per heavy atom. The fraction of sp³-hybridized carbons (Fsp3) is 0.588. The number of nitrogens with zero attached hydrogens (tertiary/aromatic N) is 2. The van der Waals surface area contributed by atoms with Crippen molar-refractivity contribution in [3.8, 4) is 0 Å². The fourth-order valence-electron chi connectivity index (χ4n) is 3.27. The van der Waals surface area contributed by atoms with Gasteiger partial charge in [-0.1, -0.05) is 24.3 Å². The van der Waals surface area contributed by atoms with Crippen LogP contribution in [0.15, 0.2) is 24.3 Å². The molecule has 0 aromatic heterocycles. The second kappa shape index (κ2) is 6.58. The largest absolute Gasteiger partial charge is 0.339 e. The number of nitrogens with one attached hydrogen (secondary N) is 1. The first-order chi connectivity index (χ1) is 10.2. The van der Waals surface area contributed by atoms with Gasteiger partial charge in [-0.2, -0.15) is 0 Å². The molecule has 1 amide bonds. The summed E-state index contributed by atoms with van der Waals surface area (Å²) in [6.07, 6.45) is 2.13. The van der Waals surface area contributed by atoms with Gasteiger partial charge in [-0.05, 0) is 37.4 Å². The maximum atomic E-state index is 12.4. The highest BCUT2D eigenvalue weighted by Gasteiger charge is 2.29. The van der Waals surface area contributed by atoms with Crippen LogP contribution in [0.5, 0.6) is 0 Å². The van der Waals surface area contributed by atoms with E-state index < -0.39 is 0 Å². The molecule has 0 radical (unpaired) electrons. The highest BCUT2D eigenvalue weighted by molar-refractivity contribution is 5.82. The van der Waals surface area contributed by atoms with Crippen molar-refractivity contribution in [2.75, 3.05) is 32.7 Å². The molecule has 2 aliphatic heterocycles. The Kier molecular flexibility index (Phi) is 4.56. The summed E-state index contributed by atoms with van der Waals surface area (Å²) in [5.74, 6) is 0.308. The van der Waals surface area contributed by atoms with E-state index in [4.69, 9.17) is 0 Å². The van der Waals surface area contributed by atoms with E-state index in [1.165, 1.54) is 11.1 Å². The van der Waals surface area contributed by atoms with Crippen molar-refractivity contribution >= 4 is 5.91 Å². The van der Waals surface area contributed by atoms with Gasteiger partial charge in [-0.15, -0.1) is 0 Å². The summed E-state index contributed by atoms with van der Waals surface area (Å²) < 4.78 is 0. The molecule has 2 saturated heterocycles. The average molecular weight is 287 g/mol. The number of benzene rings is 1. The first-order valence-electron chi connectivity index (χ1n) is 8.03. The van der Waals surface area contributed by atoms with Gasteiger partial charge in [0.15, 0.2) is 0 Å². The lowest BCUT2D eigenvalue weighted by atomic mass is 10.1. The van der Waals surface area contributed by atoms with E-state index >= 15 is 0 Å². The van der Waals surface area contributed by atoms with Gasteiger partial charge in [0.2, 0.25) is 5.91 Å². The zero-order valence-corrected chi connectivity index (χ0v) is 12.8. The number of carbonyl (C=O) groups excluding carboxylic acids is 1. The van der Waals surface area contributed by atoms with Gasteiger partial charge in [-0.3, -0.25) is 9.69 Å². The van der Waals surface area contributed by atoms with E-state index in [0.717, 1.165) is 52.1 Å². The maximum absolute atomic E-state index is 12.4. The second-order valence-corrected chi connectivity index (χ2v) is 6.18. The number of amides is 1. The van der Waals surface area contributed by atoms with Crippen LogP contribution >= 0.6 is 0 Å². The minimum absolute atomic E-state index is 0.0768. The molecule has 0 saturated carbocycles. The zero-order valence-electron chi connectivity index (χ0n) is 12.8. The smallest absolute Gasteiger partial charge is 0.239 e. The molecule has 114 valence electrons. The van der Waals surface area contributed by atoms with Crippen molar-refractivity contribution in [1.29, 1.82) is 0 Å². The topological polar surface area (TPSA) is 35.6 Å². The van der Waals surface area contributed by atoms with E-state index in [-0.39, 0.29) is 6.04 Å². The lowest BCUT2D eigenvalue weighted by Crippen LogP contribution is -2.52. The van der Waals surface area contributed by atoms with Crippen molar-refractivity contribution in [2.24, 2.45) is 0 Å². The van der Waals surface area contributed by atoms with Crippen molar-refractivity contribution in [3.63, 3.8) is 0 Å². The Morgan fingerprint density at radius 3 is 2.67 bits per heavy atom. The van der Waals surface area contributed by atoms with E-state index in [0.29, 0.717) is 5.91 Å². The minimum Gasteiger partial charge on any atom is -0.339 e. The highest BCUT2D eigenvalue weighted by atomic mass is 16.2. The van der Waals surface area contributed by atoms with Gasteiger partial charge < -0.3 is 10.2 Å². The molecule has 0 spiro atoms. The first-order valence-corrected chi connectivity index (χ1v) is 8.03. The Balaban J connectivity index is 1.51. The van der Waals surface area contributed by atoms with Crippen LogP contribution in [-0.2, 0) is 11.3 Å². The number of piperazine rings is 1. The van der Waals surface area contributed by atoms with Crippen LogP contribution in [0.25, 0.3) is 0 Å². The molecule has 1 atom stereocenters. The lowest BCUT2D eigenvalue weighted by Gasteiger charge is -2.36. The molecule has 4 heteroatoms. The Bertz CT molecular complexity index is 489. The van der Waals surface area contributed by atoms with Gasteiger partial charge in [-0.25, -0.2) is 0 Å². The highest BCUT2D eigenvalue weighted by Crippen LogP contribution is 2.14. The molecule has 1 unspecified atom stereocenters. The summed E-state index contributed by atoms with van der Waals surface area (Å²) >= 11 is 0. The third kappa shape index (κ3) is 3.44. The molecule has 0 aliphatic carbocycles. The molecule has 0 bridgehead atoms. The number of hydrogen-bond acceptors (Lipinski definition) is 3. The quantitative estimate of drug-likeness (QED) is 0.912. The third-order valence-corrected chi connectivity index (χ3v) is 4.70. The Labute approximate surface area is 127 Å². The molecular formula is C17H25N3O. The van der Waals surface area contributed by atoms with E-state index in [1.54, 1.807) is 0 Å². The molecule has 2 aliphatic rings. The number of carbonyl (C=O) groups is 1. The SMILES string of the molecule is Cc1ccccc1CN1CCN(C(=O)C2CCCN2)CC1. The lowest BCUT2D eigenvalue weighted by molar-refractivity contribution is -0.134. The zero-order chi connectivity index (χ0) is 14.7. The predicted octanol–water partition coefficient (Wildman–Crippen LogP) is 1.39. The van der Waals surface area contributed by atoms with Gasteiger partial charge >= 0.3 is 0 Å². The number of hydrogen-bond donors (Lipinski definition) is 1. The Morgan fingerprint density at radius 1 is 1.24 bits per heavy atom. The first kappa shape index (κ1) is 14.5. The van der Waals surface area contributed by atoms with Crippen LogP contribution in [0.3, 0.4) is 0 Å². The molecule has 1 aromatic rings. The molecule has 4 nitrogen and oxygen atoms in total. The second-order valence-electron chi connectivity index (χ2n) is 6.18. The van der Waals surface area contributed by atoms with E-state index in [9.17, 15) is 4.79 Å². The minimum atomic E-state index is 0.0768. The molecule has 1 aromatic carbocycles. The van der Waals surface area contributed by atoms with Crippen LogP contribution in [0.4, 0.5) is 0 Å². The van der Waals surface area contributed by atoms with Gasteiger partial charge in [0.25, 0.3) is 0 Å².